The number of para-hydroxylation sites is 1. The van der Waals surface area contributed by atoms with E-state index in [-0.39, 0.29) is 11.9 Å². The molecule has 6 nitrogen and oxygen atoms in total. The van der Waals surface area contributed by atoms with Gasteiger partial charge in [-0.2, -0.15) is 0 Å². The van der Waals surface area contributed by atoms with Crippen molar-refractivity contribution in [3.05, 3.63) is 58.4 Å². The van der Waals surface area contributed by atoms with Gasteiger partial charge in [0.1, 0.15) is 17.1 Å². The maximum absolute atomic E-state index is 12.2. The van der Waals surface area contributed by atoms with E-state index in [2.05, 4.69) is 0 Å². The Labute approximate surface area is 166 Å². The molecular formula is C23H20O6. The van der Waals surface area contributed by atoms with Crippen LogP contribution in [-0.2, 0) is 4.79 Å². The minimum Gasteiger partial charge on any atom is -0.493 e. The average molecular weight is 392 g/mol. The Morgan fingerprint density at radius 3 is 2.55 bits per heavy atom. The largest absolute Gasteiger partial charge is 0.493 e. The third-order valence-electron chi connectivity index (χ3n) is 4.72. The van der Waals surface area contributed by atoms with Gasteiger partial charge >= 0.3 is 11.6 Å². The zero-order valence-corrected chi connectivity index (χ0v) is 16.6. The number of methoxy groups -OCH3 is 1. The van der Waals surface area contributed by atoms with Crippen molar-refractivity contribution in [3.8, 4) is 22.8 Å². The van der Waals surface area contributed by atoms with Gasteiger partial charge in [-0.1, -0.05) is 26.0 Å². The standard InChI is InChI=1S/C23H20O6/c1-12(2)23(25)29-18-10-15-16(11-21(24)27-19(15)8-13(18)3)20-9-14-6-5-7-17(26-4)22(14)28-20/h5-12H,1-4H3. The van der Waals surface area contributed by atoms with Crippen molar-refractivity contribution in [3.63, 3.8) is 0 Å². The van der Waals surface area contributed by atoms with Gasteiger partial charge in [0.25, 0.3) is 0 Å². The van der Waals surface area contributed by atoms with Crippen molar-refractivity contribution in [1.29, 1.82) is 0 Å². The number of esters is 1. The fourth-order valence-corrected chi connectivity index (χ4v) is 3.16. The molecule has 0 radical (unpaired) electrons. The van der Waals surface area contributed by atoms with Crippen LogP contribution in [0.4, 0.5) is 0 Å². The average Bonchev–Trinajstić information content (AvgIpc) is 3.12. The predicted molar refractivity (Wildman–Crippen MR) is 109 cm³/mol. The van der Waals surface area contributed by atoms with Gasteiger partial charge in [0, 0.05) is 22.4 Å². The molecule has 0 aliphatic carbocycles. The highest BCUT2D eigenvalue weighted by Gasteiger charge is 2.18. The van der Waals surface area contributed by atoms with Crippen LogP contribution in [0.2, 0.25) is 0 Å². The van der Waals surface area contributed by atoms with Gasteiger partial charge in [-0.05, 0) is 36.8 Å². The van der Waals surface area contributed by atoms with Crippen molar-refractivity contribution < 1.29 is 23.1 Å². The first-order chi connectivity index (χ1) is 13.9. The van der Waals surface area contributed by atoms with E-state index >= 15 is 0 Å². The van der Waals surface area contributed by atoms with Crippen LogP contribution in [-0.4, -0.2) is 13.1 Å². The van der Waals surface area contributed by atoms with Crippen LogP contribution in [0.1, 0.15) is 19.4 Å². The lowest BCUT2D eigenvalue weighted by Crippen LogP contribution is -2.15. The second-order valence-corrected chi connectivity index (χ2v) is 7.16. The molecule has 0 N–H and O–H groups in total. The Balaban J connectivity index is 1.94. The van der Waals surface area contributed by atoms with Gasteiger partial charge in [-0.3, -0.25) is 4.79 Å². The Kier molecular flexibility index (Phi) is 4.62. The summed E-state index contributed by atoms with van der Waals surface area (Å²) < 4.78 is 22.3. The lowest BCUT2D eigenvalue weighted by atomic mass is 10.0. The highest BCUT2D eigenvalue weighted by molar-refractivity contribution is 5.97. The molecule has 0 fully saturated rings. The minimum atomic E-state index is -0.494. The molecule has 0 aliphatic rings. The normalized spacial score (nSPS) is 11.3. The molecule has 0 aliphatic heterocycles. The fourth-order valence-electron chi connectivity index (χ4n) is 3.16. The molecular weight excluding hydrogens is 372 g/mol. The molecule has 6 heteroatoms. The number of fused-ring (bicyclic) bond motifs is 2. The van der Waals surface area contributed by atoms with Gasteiger partial charge in [0.2, 0.25) is 0 Å². The van der Waals surface area contributed by atoms with Crippen molar-refractivity contribution in [2.75, 3.05) is 7.11 Å². The number of carbonyl (C=O) groups excluding carboxylic acids is 1. The zero-order valence-electron chi connectivity index (χ0n) is 16.6. The number of rotatable bonds is 4. The highest BCUT2D eigenvalue weighted by Crippen LogP contribution is 2.37. The summed E-state index contributed by atoms with van der Waals surface area (Å²) in [6.45, 7) is 5.33. The third kappa shape index (κ3) is 3.38. The fraction of sp³-hybridized carbons (Fsp3) is 0.217. The second kappa shape index (κ2) is 7.13. The quantitative estimate of drug-likeness (QED) is 0.274. The van der Waals surface area contributed by atoms with E-state index in [0.29, 0.717) is 44.9 Å². The molecule has 0 saturated heterocycles. The summed E-state index contributed by atoms with van der Waals surface area (Å²) in [5, 5.41) is 1.46. The van der Waals surface area contributed by atoms with Crippen molar-refractivity contribution in [2.45, 2.75) is 20.8 Å². The van der Waals surface area contributed by atoms with Gasteiger partial charge in [0.05, 0.1) is 13.0 Å². The van der Waals surface area contributed by atoms with E-state index in [1.807, 2.05) is 18.2 Å². The number of ether oxygens (including phenoxy) is 2. The predicted octanol–water partition coefficient (Wildman–Crippen LogP) is 5.08. The minimum absolute atomic E-state index is 0.263. The van der Waals surface area contributed by atoms with E-state index < -0.39 is 5.63 Å². The van der Waals surface area contributed by atoms with Crippen LogP contribution < -0.4 is 15.1 Å². The lowest BCUT2D eigenvalue weighted by molar-refractivity contribution is -0.137. The summed E-state index contributed by atoms with van der Waals surface area (Å²) in [7, 11) is 1.57. The SMILES string of the molecule is COc1cccc2cc(-c3cc(=O)oc4cc(C)c(OC(=O)C(C)C)cc34)oc12. The summed E-state index contributed by atoms with van der Waals surface area (Å²) in [6.07, 6.45) is 0. The summed E-state index contributed by atoms with van der Waals surface area (Å²) in [6, 6.07) is 12.2. The Morgan fingerprint density at radius 2 is 1.83 bits per heavy atom. The molecule has 0 saturated carbocycles. The Hall–Kier alpha value is -3.54. The number of hydrogen-bond donors (Lipinski definition) is 0. The maximum Gasteiger partial charge on any atom is 0.336 e. The Bertz CT molecular complexity index is 1290. The van der Waals surface area contributed by atoms with Crippen LogP contribution in [0.3, 0.4) is 0 Å². The van der Waals surface area contributed by atoms with Crippen molar-refractivity contribution in [2.24, 2.45) is 5.92 Å². The number of benzene rings is 2. The monoisotopic (exact) mass is 392 g/mol. The first-order valence-corrected chi connectivity index (χ1v) is 9.24. The molecule has 0 amide bonds. The molecule has 4 rings (SSSR count). The summed E-state index contributed by atoms with van der Waals surface area (Å²) in [4.78, 5) is 24.2. The topological polar surface area (TPSA) is 78.9 Å². The number of furan rings is 1. The molecule has 148 valence electrons. The third-order valence-corrected chi connectivity index (χ3v) is 4.72. The second-order valence-electron chi connectivity index (χ2n) is 7.16. The highest BCUT2D eigenvalue weighted by atomic mass is 16.5. The summed E-state index contributed by atoms with van der Waals surface area (Å²) in [5.74, 6) is 0.914. The van der Waals surface area contributed by atoms with Crippen LogP contribution >= 0.6 is 0 Å². The van der Waals surface area contributed by atoms with E-state index in [4.69, 9.17) is 18.3 Å². The Morgan fingerprint density at radius 1 is 1.03 bits per heavy atom. The van der Waals surface area contributed by atoms with E-state index in [1.165, 1.54) is 6.07 Å². The molecule has 4 aromatic rings. The summed E-state index contributed by atoms with van der Waals surface area (Å²) >= 11 is 0. The molecule has 0 bridgehead atoms. The van der Waals surface area contributed by atoms with Crippen molar-refractivity contribution >= 4 is 27.9 Å². The zero-order chi connectivity index (χ0) is 20.7. The first kappa shape index (κ1) is 18.8. The van der Waals surface area contributed by atoms with Crippen LogP contribution in [0.25, 0.3) is 33.3 Å². The number of carbonyl (C=O) groups is 1. The van der Waals surface area contributed by atoms with Gasteiger partial charge in [-0.25, -0.2) is 4.79 Å². The summed E-state index contributed by atoms with van der Waals surface area (Å²) in [5.41, 5.74) is 1.73. The van der Waals surface area contributed by atoms with Crippen LogP contribution in [0, 0.1) is 12.8 Å². The lowest BCUT2D eigenvalue weighted by Gasteiger charge is -2.11. The van der Waals surface area contributed by atoms with Gasteiger partial charge in [0.15, 0.2) is 11.3 Å². The molecule has 2 aromatic heterocycles. The first-order valence-electron chi connectivity index (χ1n) is 9.24. The molecule has 2 aromatic carbocycles. The van der Waals surface area contributed by atoms with Crippen LogP contribution in [0.5, 0.6) is 11.5 Å². The molecule has 0 unspecified atom stereocenters. The molecule has 0 atom stereocenters. The van der Waals surface area contributed by atoms with Gasteiger partial charge < -0.3 is 18.3 Å². The van der Waals surface area contributed by atoms with E-state index in [9.17, 15) is 9.59 Å². The molecule has 2 heterocycles. The van der Waals surface area contributed by atoms with Crippen molar-refractivity contribution in [1.82, 2.24) is 0 Å². The van der Waals surface area contributed by atoms with Crippen LogP contribution in [0.15, 0.2) is 56.1 Å². The number of aryl methyl sites for hydroxylation is 1. The van der Waals surface area contributed by atoms with E-state index in [1.54, 1.807) is 46.1 Å². The number of hydrogen-bond acceptors (Lipinski definition) is 6. The molecule has 0 spiro atoms. The van der Waals surface area contributed by atoms with E-state index in [0.717, 1.165) is 5.39 Å². The maximum atomic E-state index is 12.2. The smallest absolute Gasteiger partial charge is 0.336 e. The van der Waals surface area contributed by atoms with Gasteiger partial charge in [-0.15, -0.1) is 0 Å². The molecule has 29 heavy (non-hydrogen) atoms.